The molecule has 3 rings (SSSR count). The minimum atomic E-state index is 0.153. The molecule has 2 aliphatic carbocycles. The van der Waals surface area contributed by atoms with Gasteiger partial charge in [-0.15, -0.1) is 0 Å². The molecule has 0 spiro atoms. The van der Waals surface area contributed by atoms with E-state index in [2.05, 4.69) is 42.8 Å². The number of rotatable bonds is 6. The van der Waals surface area contributed by atoms with Crippen LogP contribution in [0.15, 0.2) is 0 Å². The molecule has 0 radical (unpaired) electrons. The van der Waals surface area contributed by atoms with Crippen molar-refractivity contribution in [3.8, 4) is 0 Å². The topological polar surface area (TPSA) is 46.9 Å². The Hall–Kier alpha value is -1.32. The van der Waals surface area contributed by atoms with E-state index in [0.717, 1.165) is 35.3 Å². The van der Waals surface area contributed by atoms with Crippen LogP contribution >= 0.6 is 0 Å². The maximum Gasteiger partial charge on any atom is 0.224 e. The number of hydrogen-bond donors (Lipinski definition) is 1. The lowest BCUT2D eigenvalue weighted by atomic mass is 9.84. The van der Waals surface area contributed by atoms with Crippen LogP contribution in [0.4, 0.5) is 0 Å². The van der Waals surface area contributed by atoms with E-state index in [0.29, 0.717) is 24.3 Å². The smallest absolute Gasteiger partial charge is 0.224 e. The van der Waals surface area contributed by atoms with Gasteiger partial charge < -0.3 is 5.32 Å². The Morgan fingerprint density at radius 1 is 1.25 bits per heavy atom. The van der Waals surface area contributed by atoms with Crippen molar-refractivity contribution < 1.29 is 4.79 Å². The summed E-state index contributed by atoms with van der Waals surface area (Å²) in [7, 11) is 0. The number of carbonyl (C=O) groups excluding carboxylic acids is 1. The fourth-order valence-corrected chi connectivity index (χ4v) is 4.99. The number of fused-ring (bicyclic) bond motifs is 2. The minimum absolute atomic E-state index is 0.153. The van der Waals surface area contributed by atoms with Gasteiger partial charge in [0.15, 0.2) is 0 Å². The van der Waals surface area contributed by atoms with Gasteiger partial charge in [0, 0.05) is 23.8 Å². The van der Waals surface area contributed by atoms with Crippen LogP contribution in [-0.2, 0) is 17.8 Å². The second-order valence-electron chi connectivity index (χ2n) is 8.60. The number of amides is 1. The van der Waals surface area contributed by atoms with E-state index >= 15 is 0 Å². The Bertz CT molecular complexity index is 604. The Morgan fingerprint density at radius 2 is 2.00 bits per heavy atom. The standard InChI is InChI=1S/C20H33N3O/c1-12(2)11-23-15(5)18(14(4)22-23)10-20(24)21-13(3)19-9-16-6-7-17(19)8-16/h12-13,16-17,19H,6-11H2,1-5H3,(H,21,24)/t13-,16-,17-,19+/m0/s1. The molecule has 2 saturated carbocycles. The van der Waals surface area contributed by atoms with E-state index in [1.807, 2.05) is 6.92 Å². The molecule has 1 aromatic rings. The average molecular weight is 332 g/mol. The van der Waals surface area contributed by atoms with Gasteiger partial charge in [-0.2, -0.15) is 5.10 Å². The second kappa shape index (κ2) is 6.89. The van der Waals surface area contributed by atoms with Gasteiger partial charge in [-0.1, -0.05) is 20.3 Å². The monoisotopic (exact) mass is 331 g/mol. The molecule has 2 fully saturated rings. The van der Waals surface area contributed by atoms with Gasteiger partial charge in [0.25, 0.3) is 0 Å². The van der Waals surface area contributed by atoms with Crippen LogP contribution in [0, 0.1) is 37.5 Å². The van der Waals surface area contributed by atoms with Crippen molar-refractivity contribution in [3.05, 3.63) is 17.0 Å². The van der Waals surface area contributed by atoms with Gasteiger partial charge in [0.2, 0.25) is 5.91 Å². The minimum Gasteiger partial charge on any atom is -0.353 e. The third-order valence-electron chi connectivity index (χ3n) is 6.23. The Kier molecular flexibility index (Phi) is 5.03. The van der Waals surface area contributed by atoms with Crippen LogP contribution in [-0.4, -0.2) is 21.7 Å². The molecule has 0 saturated heterocycles. The molecule has 2 aliphatic rings. The lowest BCUT2D eigenvalue weighted by molar-refractivity contribution is -0.121. The summed E-state index contributed by atoms with van der Waals surface area (Å²) in [6, 6.07) is 0.305. The summed E-state index contributed by atoms with van der Waals surface area (Å²) in [6.07, 6.45) is 5.95. The molecule has 1 amide bonds. The van der Waals surface area contributed by atoms with E-state index < -0.39 is 0 Å². The SMILES string of the molecule is Cc1nn(CC(C)C)c(C)c1CC(=O)N[C@@H](C)[C@H]1C[C@H]2CC[C@H]1C2. The molecule has 4 nitrogen and oxygen atoms in total. The number of aromatic nitrogens is 2. The van der Waals surface area contributed by atoms with E-state index in [4.69, 9.17) is 0 Å². The lowest BCUT2D eigenvalue weighted by Crippen LogP contribution is -2.40. The van der Waals surface area contributed by atoms with Gasteiger partial charge in [-0.05, 0) is 63.7 Å². The van der Waals surface area contributed by atoms with Gasteiger partial charge in [0.1, 0.15) is 0 Å². The molecule has 1 heterocycles. The first-order valence-corrected chi connectivity index (χ1v) is 9.67. The highest BCUT2D eigenvalue weighted by Gasteiger charge is 2.42. The third-order valence-corrected chi connectivity index (χ3v) is 6.23. The molecule has 1 aromatic heterocycles. The van der Waals surface area contributed by atoms with Crippen molar-refractivity contribution in [2.24, 2.45) is 23.7 Å². The first-order valence-electron chi connectivity index (χ1n) is 9.67. The Balaban J connectivity index is 1.59. The normalized spacial score (nSPS) is 27.0. The zero-order valence-corrected chi connectivity index (χ0v) is 15.9. The van der Waals surface area contributed by atoms with Gasteiger partial charge in [0.05, 0.1) is 12.1 Å². The predicted octanol–water partition coefficient (Wildman–Crippen LogP) is 3.64. The molecule has 24 heavy (non-hydrogen) atoms. The summed E-state index contributed by atoms with van der Waals surface area (Å²) in [6.45, 7) is 11.6. The van der Waals surface area contributed by atoms with Crippen molar-refractivity contribution in [2.75, 3.05) is 0 Å². The first kappa shape index (κ1) is 17.5. The summed E-state index contributed by atoms with van der Waals surface area (Å²) in [5.41, 5.74) is 3.24. The molecule has 4 heteroatoms. The zero-order valence-electron chi connectivity index (χ0n) is 15.9. The number of nitrogens with one attached hydrogen (secondary N) is 1. The van der Waals surface area contributed by atoms with Crippen LogP contribution in [0.1, 0.15) is 63.4 Å². The van der Waals surface area contributed by atoms with Crippen LogP contribution in [0.3, 0.4) is 0 Å². The Labute approximate surface area is 146 Å². The summed E-state index contributed by atoms with van der Waals surface area (Å²) < 4.78 is 2.06. The predicted molar refractivity (Wildman–Crippen MR) is 96.8 cm³/mol. The van der Waals surface area contributed by atoms with Gasteiger partial charge in [-0.25, -0.2) is 0 Å². The van der Waals surface area contributed by atoms with E-state index in [-0.39, 0.29) is 5.91 Å². The van der Waals surface area contributed by atoms with Crippen molar-refractivity contribution in [3.63, 3.8) is 0 Å². The highest BCUT2D eigenvalue weighted by molar-refractivity contribution is 5.79. The summed E-state index contributed by atoms with van der Waals surface area (Å²) in [5, 5.41) is 7.91. The summed E-state index contributed by atoms with van der Waals surface area (Å²) in [4.78, 5) is 12.6. The fourth-order valence-electron chi connectivity index (χ4n) is 4.99. The largest absolute Gasteiger partial charge is 0.353 e. The second-order valence-corrected chi connectivity index (χ2v) is 8.60. The highest BCUT2D eigenvalue weighted by Crippen LogP contribution is 2.49. The molecule has 0 aromatic carbocycles. The van der Waals surface area contributed by atoms with Crippen molar-refractivity contribution >= 4 is 5.91 Å². The fraction of sp³-hybridized carbons (Fsp3) is 0.800. The van der Waals surface area contributed by atoms with Crippen molar-refractivity contribution in [2.45, 2.75) is 79.3 Å². The van der Waals surface area contributed by atoms with Crippen LogP contribution < -0.4 is 5.32 Å². The Morgan fingerprint density at radius 3 is 2.58 bits per heavy atom. The van der Waals surface area contributed by atoms with E-state index in [1.54, 1.807) is 0 Å². The zero-order chi connectivity index (χ0) is 17.4. The average Bonchev–Trinajstić information content (AvgIpc) is 3.18. The number of carbonyl (C=O) groups is 1. The molecular formula is C20H33N3O. The quantitative estimate of drug-likeness (QED) is 0.865. The third kappa shape index (κ3) is 3.52. The maximum absolute atomic E-state index is 12.6. The summed E-state index contributed by atoms with van der Waals surface area (Å²) in [5.74, 6) is 3.18. The number of nitrogens with zero attached hydrogens (tertiary/aromatic N) is 2. The lowest BCUT2D eigenvalue weighted by Gasteiger charge is -2.28. The van der Waals surface area contributed by atoms with E-state index in [1.165, 1.54) is 25.7 Å². The molecule has 0 aliphatic heterocycles. The molecule has 2 bridgehead atoms. The first-order chi connectivity index (χ1) is 11.3. The molecule has 134 valence electrons. The molecule has 4 atom stereocenters. The number of hydrogen-bond acceptors (Lipinski definition) is 2. The maximum atomic E-state index is 12.6. The molecule has 1 N–H and O–H groups in total. The summed E-state index contributed by atoms with van der Waals surface area (Å²) >= 11 is 0. The van der Waals surface area contributed by atoms with E-state index in [9.17, 15) is 4.79 Å². The van der Waals surface area contributed by atoms with Gasteiger partial charge in [-0.3, -0.25) is 9.48 Å². The molecule has 0 unspecified atom stereocenters. The van der Waals surface area contributed by atoms with Crippen molar-refractivity contribution in [1.82, 2.24) is 15.1 Å². The van der Waals surface area contributed by atoms with Crippen LogP contribution in [0.25, 0.3) is 0 Å². The van der Waals surface area contributed by atoms with Crippen molar-refractivity contribution in [1.29, 1.82) is 0 Å². The highest BCUT2D eigenvalue weighted by atomic mass is 16.1. The van der Waals surface area contributed by atoms with Crippen LogP contribution in [0.5, 0.6) is 0 Å². The number of aryl methyl sites for hydroxylation is 1. The van der Waals surface area contributed by atoms with Crippen LogP contribution in [0.2, 0.25) is 0 Å². The molecular weight excluding hydrogens is 298 g/mol. The van der Waals surface area contributed by atoms with Gasteiger partial charge >= 0.3 is 0 Å².